The van der Waals surface area contributed by atoms with Gasteiger partial charge in [-0.3, -0.25) is 4.79 Å². The summed E-state index contributed by atoms with van der Waals surface area (Å²) in [5, 5.41) is 0.0995. The minimum atomic E-state index is -2.09. The van der Waals surface area contributed by atoms with E-state index in [0.29, 0.717) is 11.8 Å². The van der Waals surface area contributed by atoms with Crippen LogP contribution in [0.3, 0.4) is 0 Å². The van der Waals surface area contributed by atoms with Crippen molar-refractivity contribution in [2.45, 2.75) is 82.5 Å². The Kier molecular flexibility index (Phi) is 6.63. The molecule has 0 aliphatic heterocycles. The third kappa shape index (κ3) is 4.44. The summed E-state index contributed by atoms with van der Waals surface area (Å²) in [6.07, 6.45) is 5.33. The number of methoxy groups -OCH3 is 1. The Balaban J connectivity index is 1.80. The molecule has 4 unspecified atom stereocenters. The molecule has 2 aliphatic carbocycles. The van der Waals surface area contributed by atoms with Gasteiger partial charge in [-0.1, -0.05) is 76.1 Å². The molecule has 0 radical (unpaired) electrons. The molecular weight excluding hydrogens is 424 g/mol. The maximum atomic E-state index is 14.0. The standard InChI is InChI=1S/C29H40O3Si/c1-28(2,3)33(5,6)32-29-19-11-10-14-25(29)24(21-15-17-23(31-4)18-16-21)20-26(29)27(30)22-12-8-7-9-13-22/h7-9,12-13,15-18,24-26H,10-11,14,19-20H2,1-6H3. The number of hydrogen-bond donors (Lipinski definition) is 0. The Morgan fingerprint density at radius 2 is 1.67 bits per heavy atom. The number of carbonyl (C=O) groups is 1. The van der Waals surface area contributed by atoms with Crippen molar-refractivity contribution < 1.29 is 14.0 Å². The van der Waals surface area contributed by atoms with E-state index in [1.807, 2.05) is 30.3 Å². The van der Waals surface area contributed by atoms with Crippen LogP contribution in [0.5, 0.6) is 5.75 Å². The molecule has 33 heavy (non-hydrogen) atoms. The number of rotatable bonds is 6. The first-order chi connectivity index (χ1) is 15.6. The van der Waals surface area contributed by atoms with Gasteiger partial charge in [-0.25, -0.2) is 0 Å². The highest BCUT2D eigenvalue weighted by Crippen LogP contribution is 2.60. The fourth-order valence-corrected chi connectivity index (χ4v) is 7.62. The highest BCUT2D eigenvalue weighted by molar-refractivity contribution is 6.74. The van der Waals surface area contributed by atoms with Crippen LogP contribution in [0.2, 0.25) is 18.1 Å². The second kappa shape index (κ2) is 9.03. The van der Waals surface area contributed by atoms with Crippen molar-refractivity contribution in [3.63, 3.8) is 0 Å². The molecule has 2 fully saturated rings. The van der Waals surface area contributed by atoms with E-state index in [9.17, 15) is 4.79 Å². The fraction of sp³-hybridized carbons (Fsp3) is 0.552. The van der Waals surface area contributed by atoms with Crippen molar-refractivity contribution in [2.75, 3.05) is 7.11 Å². The summed E-state index contributed by atoms with van der Waals surface area (Å²) in [4.78, 5) is 14.0. The van der Waals surface area contributed by atoms with Crippen LogP contribution in [0, 0.1) is 11.8 Å². The van der Waals surface area contributed by atoms with Gasteiger partial charge in [0.25, 0.3) is 0 Å². The average molecular weight is 465 g/mol. The SMILES string of the molecule is COc1ccc(C2CC(C(=O)c3ccccc3)C3(O[Si](C)(C)C(C)(C)C)CCCCC23)cc1. The van der Waals surface area contributed by atoms with Gasteiger partial charge in [0.05, 0.1) is 18.6 Å². The molecule has 3 nitrogen and oxygen atoms in total. The molecule has 2 aromatic carbocycles. The minimum Gasteiger partial charge on any atom is -0.497 e. The van der Waals surface area contributed by atoms with E-state index >= 15 is 0 Å². The summed E-state index contributed by atoms with van der Waals surface area (Å²) in [6, 6.07) is 18.4. The molecule has 0 amide bonds. The second-order valence-electron chi connectivity index (χ2n) is 11.6. The lowest BCUT2D eigenvalue weighted by Crippen LogP contribution is -2.56. The summed E-state index contributed by atoms with van der Waals surface area (Å²) in [5.41, 5.74) is 1.76. The highest BCUT2D eigenvalue weighted by atomic mass is 28.4. The Hall–Kier alpha value is -1.91. The molecule has 178 valence electrons. The molecule has 2 aromatic rings. The molecule has 0 spiro atoms. The van der Waals surface area contributed by atoms with Crippen molar-refractivity contribution in [1.29, 1.82) is 0 Å². The Bertz CT molecular complexity index is 961. The minimum absolute atomic E-state index is 0.0995. The van der Waals surface area contributed by atoms with Gasteiger partial charge in [-0.05, 0) is 66.9 Å². The second-order valence-corrected chi connectivity index (χ2v) is 16.3. The van der Waals surface area contributed by atoms with Crippen molar-refractivity contribution in [3.05, 3.63) is 65.7 Å². The van der Waals surface area contributed by atoms with Gasteiger partial charge in [0, 0.05) is 5.56 Å². The number of Topliss-reactive ketones (excluding diaryl/α,β-unsaturated/α-hetero) is 1. The van der Waals surface area contributed by atoms with E-state index in [-0.39, 0.29) is 22.3 Å². The monoisotopic (exact) mass is 464 g/mol. The highest BCUT2D eigenvalue weighted by Gasteiger charge is 2.61. The van der Waals surface area contributed by atoms with E-state index in [1.54, 1.807) is 7.11 Å². The van der Waals surface area contributed by atoms with Gasteiger partial charge in [0.2, 0.25) is 0 Å². The molecule has 0 aromatic heterocycles. The van der Waals surface area contributed by atoms with E-state index in [2.05, 4.69) is 58.1 Å². The van der Waals surface area contributed by atoms with Gasteiger partial charge in [-0.15, -0.1) is 0 Å². The van der Waals surface area contributed by atoms with Crippen LogP contribution < -0.4 is 4.74 Å². The first-order valence-electron chi connectivity index (χ1n) is 12.5. The summed E-state index contributed by atoms with van der Waals surface area (Å²) in [6.45, 7) is 11.6. The normalized spacial score (nSPS) is 27.8. The summed E-state index contributed by atoms with van der Waals surface area (Å²) >= 11 is 0. The average Bonchev–Trinajstić information content (AvgIpc) is 3.12. The van der Waals surface area contributed by atoms with E-state index in [0.717, 1.165) is 37.0 Å². The van der Waals surface area contributed by atoms with Crippen LogP contribution in [0.1, 0.15) is 74.7 Å². The predicted molar refractivity (Wildman–Crippen MR) is 138 cm³/mol. The van der Waals surface area contributed by atoms with Gasteiger partial charge in [-0.2, -0.15) is 0 Å². The lowest BCUT2D eigenvalue weighted by molar-refractivity contribution is -0.0436. The molecule has 0 saturated heterocycles. The molecule has 0 N–H and O–H groups in total. The fourth-order valence-electron chi connectivity index (χ4n) is 5.97. The topological polar surface area (TPSA) is 35.5 Å². The van der Waals surface area contributed by atoms with Gasteiger partial charge in [0.1, 0.15) is 5.75 Å². The zero-order valence-corrected chi connectivity index (χ0v) is 22.2. The Morgan fingerprint density at radius 3 is 2.27 bits per heavy atom. The van der Waals surface area contributed by atoms with Crippen LogP contribution >= 0.6 is 0 Å². The van der Waals surface area contributed by atoms with Crippen LogP contribution in [-0.2, 0) is 4.43 Å². The summed E-state index contributed by atoms with van der Waals surface area (Å²) in [5.74, 6) is 1.73. The first-order valence-corrected chi connectivity index (χ1v) is 15.4. The van der Waals surface area contributed by atoms with Crippen LogP contribution in [0.25, 0.3) is 0 Å². The predicted octanol–water partition coefficient (Wildman–Crippen LogP) is 7.63. The van der Waals surface area contributed by atoms with E-state index < -0.39 is 8.32 Å². The Labute approximate surface area is 201 Å². The van der Waals surface area contributed by atoms with Crippen molar-refractivity contribution in [2.24, 2.45) is 11.8 Å². The smallest absolute Gasteiger partial charge is 0.192 e. The number of fused-ring (bicyclic) bond motifs is 1. The molecule has 0 heterocycles. The first kappa shape index (κ1) is 24.2. The number of carbonyl (C=O) groups excluding carboxylic acids is 1. The van der Waals surface area contributed by atoms with Crippen LogP contribution in [-0.4, -0.2) is 26.8 Å². The third-order valence-electron chi connectivity index (χ3n) is 8.70. The maximum Gasteiger partial charge on any atom is 0.192 e. The molecule has 2 aliphatic rings. The zero-order valence-electron chi connectivity index (χ0n) is 21.2. The van der Waals surface area contributed by atoms with Gasteiger partial charge >= 0.3 is 0 Å². The van der Waals surface area contributed by atoms with Gasteiger partial charge in [0.15, 0.2) is 14.1 Å². The van der Waals surface area contributed by atoms with Gasteiger partial charge < -0.3 is 9.16 Å². The third-order valence-corrected chi connectivity index (χ3v) is 13.2. The number of benzene rings is 2. The van der Waals surface area contributed by atoms with Crippen LogP contribution in [0.15, 0.2) is 54.6 Å². The lowest BCUT2D eigenvalue weighted by Gasteiger charge is -2.51. The van der Waals surface area contributed by atoms with E-state index in [1.165, 1.54) is 12.0 Å². The molecule has 4 atom stereocenters. The molecular formula is C29H40O3Si. The number of hydrogen-bond acceptors (Lipinski definition) is 3. The number of ketones is 1. The van der Waals surface area contributed by atoms with Crippen molar-refractivity contribution in [3.8, 4) is 5.75 Å². The summed E-state index contributed by atoms with van der Waals surface area (Å²) < 4.78 is 12.8. The zero-order chi connectivity index (χ0) is 23.9. The van der Waals surface area contributed by atoms with E-state index in [4.69, 9.17) is 9.16 Å². The molecule has 2 saturated carbocycles. The lowest BCUT2D eigenvalue weighted by atomic mass is 9.70. The largest absolute Gasteiger partial charge is 0.497 e. The molecule has 0 bridgehead atoms. The molecule has 4 rings (SSSR count). The Morgan fingerprint density at radius 1 is 1.00 bits per heavy atom. The van der Waals surface area contributed by atoms with Crippen LogP contribution in [0.4, 0.5) is 0 Å². The quantitative estimate of drug-likeness (QED) is 0.325. The van der Waals surface area contributed by atoms with Crippen molar-refractivity contribution >= 4 is 14.1 Å². The summed E-state index contributed by atoms with van der Waals surface area (Å²) in [7, 11) is -0.387. The van der Waals surface area contributed by atoms with Crippen molar-refractivity contribution in [1.82, 2.24) is 0 Å². The number of ether oxygens (including phenoxy) is 1. The molecule has 4 heteroatoms. The maximum absolute atomic E-state index is 14.0.